The maximum Gasteiger partial charge on any atom is 0.512 e. The van der Waals surface area contributed by atoms with Crippen LogP contribution in [-0.2, 0) is 0 Å². The molecule has 1 aliphatic rings. The zero-order chi connectivity index (χ0) is 16.1. The number of imide groups is 1. The molecule has 112 valence electrons. The van der Waals surface area contributed by atoms with E-state index >= 15 is 0 Å². The lowest BCUT2D eigenvalue weighted by atomic mass is 10.2. The van der Waals surface area contributed by atoms with Crippen LogP contribution in [0.3, 0.4) is 0 Å². The molecule has 0 bridgehead atoms. The Morgan fingerprint density at radius 1 is 1.13 bits per heavy atom. The van der Waals surface area contributed by atoms with E-state index in [-0.39, 0.29) is 11.4 Å². The van der Waals surface area contributed by atoms with Crippen LogP contribution in [0.2, 0.25) is 0 Å². The molecule has 3 aromatic rings. The molecule has 0 N–H and O–H groups in total. The second-order valence-electron chi connectivity index (χ2n) is 5.35. The molecule has 0 aliphatic carbocycles. The van der Waals surface area contributed by atoms with Crippen molar-refractivity contribution in [3.8, 4) is 0 Å². The van der Waals surface area contributed by atoms with Crippen LogP contribution in [0, 0.1) is 12.7 Å². The molecule has 5 nitrogen and oxygen atoms in total. The van der Waals surface area contributed by atoms with Crippen LogP contribution in [0.1, 0.15) is 16.1 Å². The fourth-order valence-corrected chi connectivity index (χ4v) is 2.74. The number of aryl methyl sites for hydroxylation is 1. The van der Waals surface area contributed by atoms with Crippen LogP contribution in [-0.4, -0.2) is 16.9 Å². The number of amides is 2. The van der Waals surface area contributed by atoms with Crippen molar-refractivity contribution >= 4 is 28.7 Å². The predicted octanol–water partition coefficient (Wildman–Crippen LogP) is 2.60. The molecule has 23 heavy (non-hydrogen) atoms. The average Bonchev–Trinajstić information content (AvgIpc) is 2.80. The third-order valence-corrected chi connectivity index (χ3v) is 3.84. The van der Waals surface area contributed by atoms with E-state index in [1.807, 2.05) is 0 Å². The quantitative estimate of drug-likeness (QED) is 0.649. The van der Waals surface area contributed by atoms with Crippen LogP contribution < -0.4 is 9.47 Å². The summed E-state index contributed by atoms with van der Waals surface area (Å²) < 4.78 is 15.5. The normalized spacial score (nSPS) is 13.7. The molecule has 0 spiro atoms. The second-order valence-corrected chi connectivity index (χ2v) is 5.35. The zero-order valence-electron chi connectivity index (χ0n) is 12.2. The number of nitrogens with zero attached hydrogens (tertiary/aromatic N) is 3. The number of aromatic nitrogens is 2. The monoisotopic (exact) mass is 308 g/mol. The summed E-state index contributed by atoms with van der Waals surface area (Å²) in [5, 5.41) is 0. The summed E-state index contributed by atoms with van der Waals surface area (Å²) in [7, 11) is 0. The Morgan fingerprint density at radius 2 is 1.91 bits per heavy atom. The summed E-state index contributed by atoms with van der Waals surface area (Å²) in [6, 6.07) is 10.8. The van der Waals surface area contributed by atoms with Crippen molar-refractivity contribution in [1.29, 1.82) is 0 Å². The number of carbonyl (C=O) groups excluding carboxylic acids is 2. The van der Waals surface area contributed by atoms with Gasteiger partial charge in [-0.25, -0.2) is 14.2 Å². The van der Waals surface area contributed by atoms with Crippen LogP contribution in [0.15, 0.2) is 48.7 Å². The standard InChI is InChI=1S/C17H11FN3O2/c1-10-6-7-13(11(18)8-10)21-16(22)15-9-19-12-4-2-3-5-14(12)20(15)17(21)23/h2-9H,1H3/q+1. The Hall–Kier alpha value is -3.15. The van der Waals surface area contributed by atoms with E-state index < -0.39 is 17.8 Å². The molecule has 2 heterocycles. The number of anilines is 1. The first-order valence-electron chi connectivity index (χ1n) is 7.02. The lowest BCUT2D eigenvalue weighted by molar-refractivity contribution is -0.537. The first-order valence-corrected chi connectivity index (χ1v) is 7.02. The third-order valence-electron chi connectivity index (χ3n) is 3.84. The molecule has 6 heteroatoms. The van der Waals surface area contributed by atoms with E-state index in [4.69, 9.17) is 0 Å². The Kier molecular flexibility index (Phi) is 2.74. The molecule has 0 fully saturated rings. The summed E-state index contributed by atoms with van der Waals surface area (Å²) in [6.07, 6.45) is 1.34. The van der Waals surface area contributed by atoms with Gasteiger partial charge in [-0.1, -0.05) is 18.2 Å². The average molecular weight is 308 g/mol. The molecule has 4 rings (SSSR count). The molecule has 0 saturated carbocycles. The smallest absolute Gasteiger partial charge is 0.248 e. The lowest BCUT2D eigenvalue weighted by Crippen LogP contribution is -2.46. The number of carbonyl (C=O) groups is 2. The van der Waals surface area contributed by atoms with Gasteiger partial charge in [-0.05, 0) is 36.8 Å². The van der Waals surface area contributed by atoms with E-state index in [1.54, 1.807) is 37.3 Å². The van der Waals surface area contributed by atoms with Gasteiger partial charge in [0, 0.05) is 0 Å². The minimum Gasteiger partial charge on any atom is -0.248 e. The molecule has 0 saturated heterocycles. The van der Waals surface area contributed by atoms with Crippen LogP contribution in [0.5, 0.6) is 0 Å². The first-order chi connectivity index (χ1) is 11.1. The highest BCUT2D eigenvalue weighted by atomic mass is 19.1. The van der Waals surface area contributed by atoms with Gasteiger partial charge in [0.1, 0.15) is 5.52 Å². The molecule has 1 aromatic heterocycles. The minimum atomic E-state index is -0.614. The molecule has 0 unspecified atom stereocenters. The zero-order valence-corrected chi connectivity index (χ0v) is 12.2. The summed E-state index contributed by atoms with van der Waals surface area (Å²) in [6.45, 7) is 1.74. The second kappa shape index (κ2) is 4.67. The van der Waals surface area contributed by atoms with Gasteiger partial charge in [0.25, 0.3) is 0 Å². The number of fused-ring (bicyclic) bond motifs is 3. The summed E-state index contributed by atoms with van der Waals surface area (Å²) in [5.41, 5.74) is 1.87. The van der Waals surface area contributed by atoms with Crippen LogP contribution in [0.25, 0.3) is 11.0 Å². The number of benzene rings is 2. The van der Waals surface area contributed by atoms with E-state index in [2.05, 4.69) is 4.98 Å². The minimum absolute atomic E-state index is 0.0571. The van der Waals surface area contributed by atoms with Gasteiger partial charge >= 0.3 is 11.9 Å². The van der Waals surface area contributed by atoms with Crippen molar-refractivity contribution < 1.29 is 18.5 Å². The Bertz CT molecular complexity index is 1000. The Morgan fingerprint density at radius 3 is 2.70 bits per heavy atom. The number of hydrogen-bond acceptors (Lipinski definition) is 3. The van der Waals surface area contributed by atoms with Crippen LogP contribution in [0.4, 0.5) is 14.9 Å². The summed E-state index contributed by atoms with van der Waals surface area (Å²) >= 11 is 0. The maximum absolute atomic E-state index is 14.2. The van der Waals surface area contributed by atoms with Gasteiger partial charge in [0.05, 0.1) is 6.20 Å². The molecule has 0 atom stereocenters. The lowest BCUT2D eigenvalue weighted by Gasteiger charge is -2.06. The maximum atomic E-state index is 14.2. The topological polar surface area (TPSA) is 54.2 Å². The molecule has 2 amide bonds. The number of hydrogen-bond donors (Lipinski definition) is 0. The number of rotatable bonds is 1. The predicted molar refractivity (Wildman–Crippen MR) is 80.7 cm³/mol. The fourth-order valence-electron chi connectivity index (χ4n) is 2.74. The van der Waals surface area contributed by atoms with Crippen molar-refractivity contribution in [1.82, 2.24) is 4.98 Å². The molecule has 0 radical (unpaired) electrons. The van der Waals surface area contributed by atoms with Crippen molar-refractivity contribution in [3.05, 3.63) is 65.7 Å². The summed E-state index contributed by atoms with van der Waals surface area (Å²) in [4.78, 5) is 30.3. The first kappa shape index (κ1) is 13.5. The van der Waals surface area contributed by atoms with Gasteiger partial charge in [0.15, 0.2) is 17.0 Å². The molecular formula is C17H11FN3O2+. The van der Waals surface area contributed by atoms with E-state index in [1.165, 1.54) is 22.9 Å². The molecular weight excluding hydrogens is 297 g/mol. The van der Waals surface area contributed by atoms with E-state index in [0.717, 1.165) is 4.90 Å². The van der Waals surface area contributed by atoms with Gasteiger partial charge in [-0.2, -0.15) is 4.79 Å². The third kappa shape index (κ3) is 1.85. The van der Waals surface area contributed by atoms with Crippen molar-refractivity contribution in [3.63, 3.8) is 0 Å². The number of para-hydroxylation sites is 2. The van der Waals surface area contributed by atoms with Gasteiger partial charge in [-0.3, -0.25) is 0 Å². The van der Waals surface area contributed by atoms with Gasteiger partial charge in [-0.15, -0.1) is 9.47 Å². The highest BCUT2D eigenvalue weighted by Gasteiger charge is 2.49. The van der Waals surface area contributed by atoms with E-state index in [9.17, 15) is 14.0 Å². The largest absolute Gasteiger partial charge is 0.512 e. The fraction of sp³-hybridized carbons (Fsp3) is 0.0588. The Balaban J connectivity index is 1.95. The van der Waals surface area contributed by atoms with Crippen molar-refractivity contribution in [2.24, 2.45) is 0 Å². The SMILES string of the molecule is Cc1ccc(N2C(=O)c3cnc4ccccc4[n+]3C2=O)c(F)c1. The van der Waals surface area contributed by atoms with Crippen molar-refractivity contribution in [2.75, 3.05) is 4.90 Å². The molecule has 1 aliphatic heterocycles. The Labute approximate surface area is 130 Å². The van der Waals surface area contributed by atoms with Crippen LogP contribution >= 0.6 is 0 Å². The number of halogens is 1. The highest BCUT2D eigenvalue weighted by molar-refractivity contribution is 6.21. The van der Waals surface area contributed by atoms with Gasteiger partial charge in [0.2, 0.25) is 5.69 Å². The highest BCUT2D eigenvalue weighted by Crippen LogP contribution is 2.25. The van der Waals surface area contributed by atoms with Crippen molar-refractivity contribution in [2.45, 2.75) is 6.92 Å². The van der Waals surface area contributed by atoms with E-state index in [0.29, 0.717) is 16.6 Å². The molecule has 2 aromatic carbocycles. The summed E-state index contributed by atoms with van der Waals surface area (Å²) in [5.74, 6) is -1.20. The van der Waals surface area contributed by atoms with Gasteiger partial charge < -0.3 is 0 Å².